The monoisotopic (exact) mass is 316 g/mol. The third-order valence-corrected chi connectivity index (χ3v) is 4.56. The lowest BCUT2D eigenvalue weighted by Crippen LogP contribution is -2.10. The SMILES string of the molecule is S=c1[nH]c2cc(Cl)c(Cl)cc2n1CCC1CCCO1. The number of rotatable bonds is 3. The van der Waals surface area contributed by atoms with E-state index in [9.17, 15) is 0 Å². The molecule has 1 saturated heterocycles. The van der Waals surface area contributed by atoms with Crippen LogP contribution < -0.4 is 0 Å². The van der Waals surface area contributed by atoms with Crippen LogP contribution >= 0.6 is 35.4 Å². The van der Waals surface area contributed by atoms with E-state index in [4.69, 9.17) is 40.2 Å². The van der Waals surface area contributed by atoms with E-state index in [1.807, 2.05) is 12.1 Å². The van der Waals surface area contributed by atoms with Crippen LogP contribution in [0.3, 0.4) is 0 Å². The van der Waals surface area contributed by atoms with Gasteiger partial charge in [-0.2, -0.15) is 0 Å². The lowest BCUT2D eigenvalue weighted by molar-refractivity contribution is 0.101. The standard InChI is InChI=1S/C13H14Cl2N2OS/c14-9-6-11-12(7-10(9)15)17(13(19)16-11)4-3-8-2-1-5-18-8/h6-8H,1-5H2,(H,16,19). The van der Waals surface area contributed by atoms with Crippen LogP contribution in [0.15, 0.2) is 12.1 Å². The van der Waals surface area contributed by atoms with Crippen LogP contribution in [-0.2, 0) is 11.3 Å². The fourth-order valence-corrected chi connectivity index (χ4v) is 3.14. The quantitative estimate of drug-likeness (QED) is 0.840. The smallest absolute Gasteiger partial charge is 0.178 e. The van der Waals surface area contributed by atoms with Crippen molar-refractivity contribution in [3.05, 3.63) is 26.9 Å². The topological polar surface area (TPSA) is 29.9 Å². The molecule has 19 heavy (non-hydrogen) atoms. The van der Waals surface area contributed by atoms with Crippen LogP contribution in [-0.4, -0.2) is 22.3 Å². The van der Waals surface area contributed by atoms with Crippen LogP contribution in [0.1, 0.15) is 19.3 Å². The fraction of sp³-hybridized carbons (Fsp3) is 0.462. The molecule has 1 N–H and O–H groups in total. The molecule has 102 valence electrons. The van der Waals surface area contributed by atoms with Crippen LogP contribution in [0.5, 0.6) is 0 Å². The Morgan fingerprint density at radius 3 is 2.89 bits per heavy atom. The predicted octanol–water partition coefficient (Wildman–Crippen LogP) is 4.57. The molecule has 0 amide bonds. The van der Waals surface area contributed by atoms with Gasteiger partial charge >= 0.3 is 0 Å². The largest absolute Gasteiger partial charge is 0.378 e. The first-order chi connectivity index (χ1) is 9.15. The van der Waals surface area contributed by atoms with Gasteiger partial charge in [-0.1, -0.05) is 23.2 Å². The summed E-state index contributed by atoms with van der Waals surface area (Å²) in [5.74, 6) is 0. The molecular weight excluding hydrogens is 303 g/mol. The zero-order chi connectivity index (χ0) is 13.4. The van der Waals surface area contributed by atoms with Gasteiger partial charge in [-0.3, -0.25) is 0 Å². The first kappa shape index (κ1) is 13.4. The van der Waals surface area contributed by atoms with E-state index < -0.39 is 0 Å². The molecule has 2 heterocycles. The summed E-state index contributed by atoms with van der Waals surface area (Å²) in [5, 5.41) is 1.09. The summed E-state index contributed by atoms with van der Waals surface area (Å²) in [6, 6.07) is 3.68. The minimum absolute atomic E-state index is 0.356. The summed E-state index contributed by atoms with van der Waals surface area (Å²) in [6.07, 6.45) is 3.63. The van der Waals surface area contributed by atoms with Gasteiger partial charge in [-0.25, -0.2) is 0 Å². The van der Waals surface area contributed by atoms with Crippen LogP contribution in [0.2, 0.25) is 10.0 Å². The van der Waals surface area contributed by atoms with Gasteiger partial charge in [0.1, 0.15) is 0 Å². The fourth-order valence-electron chi connectivity index (χ4n) is 2.52. The number of nitrogens with one attached hydrogen (secondary N) is 1. The van der Waals surface area contributed by atoms with Gasteiger partial charge < -0.3 is 14.3 Å². The van der Waals surface area contributed by atoms with Crippen molar-refractivity contribution in [3.8, 4) is 0 Å². The number of nitrogens with zero attached hydrogens (tertiary/aromatic N) is 1. The molecule has 3 nitrogen and oxygen atoms in total. The number of fused-ring (bicyclic) bond motifs is 1. The molecule has 0 radical (unpaired) electrons. The molecule has 0 saturated carbocycles. The van der Waals surface area contributed by atoms with Crippen molar-refractivity contribution in [2.24, 2.45) is 0 Å². The van der Waals surface area contributed by atoms with Gasteiger partial charge in [0.15, 0.2) is 4.77 Å². The Kier molecular flexibility index (Phi) is 3.85. The molecule has 1 aromatic heterocycles. The van der Waals surface area contributed by atoms with E-state index in [2.05, 4.69) is 9.55 Å². The minimum atomic E-state index is 0.356. The number of hydrogen-bond donors (Lipinski definition) is 1. The molecule has 3 rings (SSSR count). The maximum absolute atomic E-state index is 6.08. The highest BCUT2D eigenvalue weighted by Gasteiger charge is 2.16. The molecule has 0 aliphatic carbocycles. The van der Waals surface area contributed by atoms with Gasteiger partial charge in [0.05, 0.1) is 27.2 Å². The minimum Gasteiger partial charge on any atom is -0.378 e. The zero-order valence-corrected chi connectivity index (χ0v) is 12.6. The first-order valence-corrected chi connectivity index (χ1v) is 7.51. The van der Waals surface area contributed by atoms with E-state index in [1.54, 1.807) is 0 Å². The van der Waals surface area contributed by atoms with Crippen molar-refractivity contribution in [1.29, 1.82) is 0 Å². The Bertz CT molecular complexity index is 658. The Labute approximate surface area is 126 Å². The molecular formula is C13H14Cl2N2OS. The normalized spacial score (nSPS) is 19.4. The van der Waals surface area contributed by atoms with Crippen molar-refractivity contribution in [3.63, 3.8) is 0 Å². The average molecular weight is 317 g/mol. The van der Waals surface area contributed by atoms with Gasteiger partial charge in [0.25, 0.3) is 0 Å². The van der Waals surface area contributed by atoms with Crippen LogP contribution in [0.25, 0.3) is 11.0 Å². The van der Waals surface area contributed by atoms with E-state index in [1.165, 1.54) is 0 Å². The summed E-state index contributed by atoms with van der Waals surface area (Å²) in [4.78, 5) is 3.16. The van der Waals surface area contributed by atoms with Gasteiger partial charge in [0.2, 0.25) is 0 Å². The number of ether oxygens (including phenoxy) is 1. The Morgan fingerprint density at radius 1 is 1.37 bits per heavy atom. The Balaban J connectivity index is 1.91. The van der Waals surface area contributed by atoms with E-state index in [0.717, 1.165) is 43.4 Å². The third-order valence-electron chi connectivity index (χ3n) is 3.51. The Morgan fingerprint density at radius 2 is 2.16 bits per heavy atom. The number of benzene rings is 1. The zero-order valence-electron chi connectivity index (χ0n) is 10.3. The van der Waals surface area contributed by atoms with Gasteiger partial charge in [-0.15, -0.1) is 0 Å². The lowest BCUT2D eigenvalue weighted by Gasteiger charge is -2.10. The summed E-state index contributed by atoms with van der Waals surface area (Å²) in [5.41, 5.74) is 1.92. The molecule has 6 heteroatoms. The van der Waals surface area contributed by atoms with E-state index in [-0.39, 0.29) is 0 Å². The number of aromatic amines is 1. The number of aromatic nitrogens is 2. The second-order valence-electron chi connectivity index (χ2n) is 4.79. The average Bonchev–Trinajstić information content (AvgIpc) is 2.96. The molecule has 1 aliphatic rings. The first-order valence-electron chi connectivity index (χ1n) is 6.34. The molecule has 1 fully saturated rings. The molecule has 1 atom stereocenters. The van der Waals surface area contributed by atoms with Crippen molar-refractivity contribution in [2.75, 3.05) is 6.61 Å². The van der Waals surface area contributed by atoms with Crippen LogP contribution in [0, 0.1) is 4.77 Å². The number of imidazole rings is 1. The summed E-state index contributed by atoms with van der Waals surface area (Å²) >= 11 is 17.5. The highest BCUT2D eigenvalue weighted by molar-refractivity contribution is 7.71. The van der Waals surface area contributed by atoms with Crippen molar-refractivity contribution >= 4 is 46.5 Å². The highest BCUT2D eigenvalue weighted by atomic mass is 35.5. The maximum Gasteiger partial charge on any atom is 0.178 e. The van der Waals surface area contributed by atoms with E-state index >= 15 is 0 Å². The number of hydrogen-bond acceptors (Lipinski definition) is 2. The molecule has 0 spiro atoms. The summed E-state index contributed by atoms with van der Waals surface area (Å²) in [7, 11) is 0. The van der Waals surface area contributed by atoms with Crippen molar-refractivity contribution in [2.45, 2.75) is 31.9 Å². The lowest BCUT2D eigenvalue weighted by atomic mass is 10.2. The molecule has 1 aromatic carbocycles. The molecule has 0 bridgehead atoms. The Hall–Kier alpha value is -0.550. The predicted molar refractivity (Wildman–Crippen MR) is 80.7 cm³/mol. The van der Waals surface area contributed by atoms with Gasteiger partial charge in [-0.05, 0) is 43.6 Å². The second-order valence-corrected chi connectivity index (χ2v) is 5.99. The molecule has 2 aromatic rings. The maximum atomic E-state index is 6.08. The summed E-state index contributed by atoms with van der Waals surface area (Å²) in [6.45, 7) is 1.72. The van der Waals surface area contributed by atoms with Crippen molar-refractivity contribution < 1.29 is 4.74 Å². The number of H-pyrrole nitrogens is 1. The number of halogens is 2. The number of aryl methyl sites for hydroxylation is 1. The highest BCUT2D eigenvalue weighted by Crippen LogP contribution is 2.28. The van der Waals surface area contributed by atoms with Crippen molar-refractivity contribution in [1.82, 2.24) is 9.55 Å². The third kappa shape index (κ3) is 2.68. The second kappa shape index (κ2) is 5.44. The van der Waals surface area contributed by atoms with E-state index in [0.29, 0.717) is 20.9 Å². The molecule has 1 aliphatic heterocycles. The molecule has 1 unspecified atom stereocenters. The summed E-state index contributed by atoms with van der Waals surface area (Å²) < 4.78 is 8.41. The van der Waals surface area contributed by atoms with Gasteiger partial charge in [0, 0.05) is 13.2 Å². The van der Waals surface area contributed by atoms with Crippen LogP contribution in [0.4, 0.5) is 0 Å².